The molecule has 0 aliphatic heterocycles. The molecular weight excluding hydrogens is 993 g/mol. The zero-order valence-electron chi connectivity index (χ0n) is 58.0. The Morgan fingerprint density at radius 2 is 0.688 bits per heavy atom. The Kier molecular flexibility index (Phi) is 66.2. The molecule has 0 aromatic carbocycles. The summed E-state index contributed by atoms with van der Waals surface area (Å²) in [4.78, 5) is 61.0. The summed E-state index contributed by atoms with van der Waals surface area (Å²) < 4.78 is 5.23. The van der Waals surface area contributed by atoms with E-state index in [-0.39, 0.29) is 48.2 Å². The van der Waals surface area contributed by atoms with E-state index < -0.39 is 0 Å². The number of carbonyl (C=O) groups excluding carboxylic acids is 5. The van der Waals surface area contributed by atoms with Crippen molar-refractivity contribution >= 4 is 29.3 Å². The quantitative estimate of drug-likeness (QED) is 0.0582. The summed E-state index contributed by atoms with van der Waals surface area (Å²) in [6, 6.07) is 0.424. The Morgan fingerprint density at radius 3 is 1.02 bits per heavy atom. The van der Waals surface area contributed by atoms with Crippen molar-refractivity contribution in [2.24, 2.45) is 47.3 Å². The third-order valence-electron chi connectivity index (χ3n) is 14.3. The Balaban J connectivity index is -0.000000295. The molecular formula is C70H144N4O6. The summed E-state index contributed by atoms with van der Waals surface area (Å²) in [6.45, 7) is 45.8. The predicted molar refractivity (Wildman–Crippen MR) is 351 cm³/mol. The fraction of sp³-hybridized carbons (Fsp3) is 0.929. The van der Waals surface area contributed by atoms with Crippen molar-refractivity contribution in [3.05, 3.63) is 0 Å². The number of hydrogen-bond donors (Lipinski definition) is 2. The number of rotatable bonds is 45. The Hall–Kier alpha value is -2.33. The number of hydrogen-bond acceptors (Lipinski definition) is 7. The smallest absolute Gasteiger partial charge is 0.246 e. The van der Waals surface area contributed by atoms with Gasteiger partial charge in [-0.05, 0) is 96.4 Å². The average molecular weight is 1140 g/mol. The predicted octanol–water partition coefficient (Wildman–Crippen LogP) is 18.7. The first-order chi connectivity index (χ1) is 37.5. The maximum Gasteiger partial charge on any atom is 0.246 e. The minimum Gasteiger partial charge on any atom is -0.369 e. The molecule has 0 aliphatic rings. The van der Waals surface area contributed by atoms with Gasteiger partial charge in [-0.1, -0.05) is 246 Å². The highest BCUT2D eigenvalue weighted by molar-refractivity contribution is 5.80. The van der Waals surface area contributed by atoms with Gasteiger partial charge in [0.1, 0.15) is 18.2 Å². The number of nitrogens with zero attached hydrogens (tertiary/aromatic N) is 2. The molecule has 0 unspecified atom stereocenters. The molecule has 0 bridgehead atoms. The van der Waals surface area contributed by atoms with E-state index in [4.69, 9.17) is 4.74 Å². The van der Waals surface area contributed by atoms with E-state index in [0.717, 1.165) is 94.2 Å². The lowest BCUT2D eigenvalue weighted by Crippen LogP contribution is -2.39. The Labute approximate surface area is 500 Å². The third-order valence-corrected chi connectivity index (χ3v) is 14.3. The van der Waals surface area contributed by atoms with Gasteiger partial charge in [-0.2, -0.15) is 0 Å². The lowest BCUT2D eigenvalue weighted by molar-refractivity contribution is -0.131. The second-order valence-electron chi connectivity index (χ2n) is 27.1. The van der Waals surface area contributed by atoms with E-state index in [1.807, 2.05) is 74.4 Å². The van der Waals surface area contributed by atoms with Gasteiger partial charge in [-0.3, -0.25) is 28.9 Å². The summed E-state index contributed by atoms with van der Waals surface area (Å²) in [6.07, 6.45) is 34.6. The van der Waals surface area contributed by atoms with Gasteiger partial charge in [0.15, 0.2) is 0 Å². The number of ketones is 2. The van der Waals surface area contributed by atoms with Crippen molar-refractivity contribution in [1.29, 1.82) is 0 Å². The molecule has 0 aromatic heterocycles. The van der Waals surface area contributed by atoms with E-state index in [1.165, 1.54) is 135 Å². The van der Waals surface area contributed by atoms with E-state index >= 15 is 0 Å². The zero-order chi connectivity index (χ0) is 62.3. The Morgan fingerprint density at radius 1 is 0.375 bits per heavy atom. The molecule has 0 fully saturated rings. The highest BCUT2D eigenvalue weighted by Crippen LogP contribution is 2.15. The van der Waals surface area contributed by atoms with Crippen molar-refractivity contribution in [2.75, 3.05) is 46.9 Å². The summed E-state index contributed by atoms with van der Waals surface area (Å²) in [5.74, 6) is 5.93. The topological polar surface area (TPSA) is 125 Å². The molecule has 0 rings (SSSR count). The molecule has 0 saturated carbocycles. The molecule has 2 N–H and O–H groups in total. The molecule has 0 atom stereocenters. The van der Waals surface area contributed by atoms with Crippen LogP contribution in [-0.4, -0.2) is 98.1 Å². The minimum absolute atomic E-state index is 0.00522. The van der Waals surface area contributed by atoms with Crippen LogP contribution >= 0.6 is 0 Å². The van der Waals surface area contributed by atoms with Crippen molar-refractivity contribution < 1.29 is 28.7 Å². The second kappa shape index (κ2) is 61.2. The first-order valence-corrected chi connectivity index (χ1v) is 33.6. The molecule has 0 radical (unpaired) electrons. The van der Waals surface area contributed by atoms with Gasteiger partial charge in [0, 0.05) is 63.3 Å². The molecule has 0 aromatic rings. The lowest BCUT2D eigenvalue weighted by Gasteiger charge is -2.24. The number of likely N-dealkylation sites (N-methyl/N-ethyl adjacent to an activating group) is 2. The van der Waals surface area contributed by atoms with Gasteiger partial charge >= 0.3 is 0 Å². The molecule has 0 saturated heterocycles. The highest BCUT2D eigenvalue weighted by atomic mass is 16.5. The van der Waals surface area contributed by atoms with Crippen LogP contribution in [0.1, 0.15) is 318 Å². The zero-order valence-corrected chi connectivity index (χ0v) is 58.0. The normalized spacial score (nSPS) is 11.3. The van der Waals surface area contributed by atoms with Gasteiger partial charge in [-0.25, -0.2) is 0 Å². The Bertz CT molecular complexity index is 1370. The second-order valence-corrected chi connectivity index (χ2v) is 27.1. The molecule has 10 nitrogen and oxygen atoms in total. The number of carbonyl (C=O) groups is 5. The van der Waals surface area contributed by atoms with Gasteiger partial charge in [-0.15, -0.1) is 0 Å². The van der Waals surface area contributed by atoms with Crippen LogP contribution in [0.5, 0.6) is 0 Å². The van der Waals surface area contributed by atoms with E-state index in [9.17, 15) is 24.0 Å². The van der Waals surface area contributed by atoms with E-state index in [1.54, 1.807) is 0 Å². The number of ether oxygens (including phenoxy) is 1. The van der Waals surface area contributed by atoms with Crippen LogP contribution < -0.4 is 10.6 Å². The van der Waals surface area contributed by atoms with Gasteiger partial charge in [0.05, 0.1) is 12.6 Å². The molecule has 10 heteroatoms. The summed E-state index contributed by atoms with van der Waals surface area (Å²) >= 11 is 0. The average Bonchev–Trinajstić information content (AvgIpc) is 3.36. The van der Waals surface area contributed by atoms with Gasteiger partial charge in [0.2, 0.25) is 17.7 Å². The highest BCUT2D eigenvalue weighted by Gasteiger charge is 2.14. The van der Waals surface area contributed by atoms with Crippen LogP contribution in [0.3, 0.4) is 0 Å². The van der Waals surface area contributed by atoms with Gasteiger partial charge < -0.3 is 20.3 Å². The largest absolute Gasteiger partial charge is 0.369 e. The lowest BCUT2D eigenvalue weighted by atomic mass is 10.0. The van der Waals surface area contributed by atoms with Crippen molar-refractivity contribution in [3.8, 4) is 0 Å². The number of amides is 3. The maximum absolute atomic E-state index is 11.9. The molecule has 480 valence electrons. The number of Topliss-reactive ketones (excluding diaryl/α,β-unsaturated/α-hetero) is 2. The molecule has 3 amide bonds. The minimum atomic E-state index is 0.00522. The summed E-state index contributed by atoms with van der Waals surface area (Å²) in [7, 11) is 3.91. The molecule has 80 heavy (non-hydrogen) atoms. The van der Waals surface area contributed by atoms with Crippen molar-refractivity contribution in [1.82, 2.24) is 20.4 Å². The fourth-order valence-corrected chi connectivity index (χ4v) is 8.06. The van der Waals surface area contributed by atoms with Crippen molar-refractivity contribution in [2.45, 2.75) is 330 Å². The van der Waals surface area contributed by atoms with Crippen LogP contribution in [0.15, 0.2) is 0 Å². The van der Waals surface area contributed by atoms with E-state index in [0.29, 0.717) is 24.2 Å². The van der Waals surface area contributed by atoms with Crippen LogP contribution in [0.4, 0.5) is 0 Å². The van der Waals surface area contributed by atoms with Gasteiger partial charge in [0.25, 0.3) is 0 Å². The van der Waals surface area contributed by atoms with Crippen LogP contribution in [0, 0.1) is 47.3 Å². The number of unbranched alkanes of at least 4 members (excludes halogenated alkanes) is 16. The number of nitrogens with one attached hydrogen (secondary N) is 2. The molecule has 0 heterocycles. The first-order valence-electron chi connectivity index (χ1n) is 33.6. The SMILES string of the molecule is CC(C)CCCCCC(=O)C(C)C.CC(C)CCCCCCCCC(=O)C(C)C.CC(C)CCCCCCCCNC(=O)COC(C)C.CC(C)CCCCCN(C)C(=O)CN(C)C(C)C.CC(C)CCCCCNC(=O)C(C)C. The standard InChI is InChI=1S/C16H33NO2.C15H32N2O.C15H30O.C12H25NO.C12H24O/c1-14(2)11-9-7-5-6-8-10-12-17-16(18)13-19-15(3)4;1-13(2)10-8-7-9-11-16(5)15(18)12-17(6)14(3)4;1-13(2)11-9-7-5-6-8-10-12-15(16)14(3)4;1-10(2)8-6-5-7-9-13-12(14)11(3)4;1-10(2)8-6-5-7-9-12(13)11(3)4/h14-15H,5-13H2,1-4H3,(H,17,18);13-14H,7-12H2,1-6H3;13-14H,5-12H2,1-4H3;10-11H,5-9H2,1-4H3,(H,13,14);10-11H,5-9H2,1-4H3. The summed E-state index contributed by atoms with van der Waals surface area (Å²) in [5, 5.41) is 5.82. The first kappa shape index (κ1) is 86.5. The van der Waals surface area contributed by atoms with Crippen LogP contribution in [0.2, 0.25) is 0 Å². The van der Waals surface area contributed by atoms with E-state index in [2.05, 4.69) is 98.6 Å². The monoisotopic (exact) mass is 1140 g/mol. The third kappa shape index (κ3) is 75.7. The molecule has 0 aliphatic carbocycles. The van der Waals surface area contributed by atoms with Crippen LogP contribution in [-0.2, 0) is 28.7 Å². The van der Waals surface area contributed by atoms with Crippen molar-refractivity contribution in [3.63, 3.8) is 0 Å². The maximum atomic E-state index is 11.9. The summed E-state index contributed by atoms with van der Waals surface area (Å²) in [5.41, 5.74) is 0. The fourth-order valence-electron chi connectivity index (χ4n) is 8.06. The molecule has 0 spiro atoms. The van der Waals surface area contributed by atoms with Crippen LogP contribution in [0.25, 0.3) is 0 Å².